The van der Waals surface area contributed by atoms with Crippen molar-refractivity contribution in [3.05, 3.63) is 0 Å². The number of aliphatic hydroxyl groups is 1. The zero-order valence-corrected chi connectivity index (χ0v) is 70.8. The van der Waals surface area contributed by atoms with Crippen LogP contribution < -0.4 is 0 Å². The van der Waals surface area contributed by atoms with Crippen LogP contribution in [0.25, 0.3) is 0 Å². The van der Waals surface area contributed by atoms with Crippen LogP contribution in [0.1, 0.15) is 459 Å². The van der Waals surface area contributed by atoms with E-state index in [2.05, 4.69) is 41.5 Å². The minimum atomic E-state index is -4.97. The van der Waals surface area contributed by atoms with Crippen LogP contribution in [-0.2, 0) is 65.4 Å². The Kier molecular flexibility index (Phi) is 76.0. The average molecular weight is 1540 g/mol. The van der Waals surface area contributed by atoms with E-state index in [1.807, 2.05) is 0 Å². The Morgan fingerprint density at radius 2 is 0.438 bits per heavy atom. The Balaban J connectivity index is 5.22. The first-order chi connectivity index (χ1) is 50.9. The Morgan fingerprint density at radius 1 is 0.257 bits per heavy atom. The number of carbonyl (C=O) groups excluding carboxylic acids is 4. The summed E-state index contributed by atoms with van der Waals surface area (Å²) >= 11 is 0. The first kappa shape index (κ1) is 103. The molecule has 5 atom stereocenters. The molecule has 0 heterocycles. The van der Waals surface area contributed by atoms with Crippen LogP contribution in [0, 0.1) is 11.8 Å². The summed E-state index contributed by atoms with van der Waals surface area (Å²) < 4.78 is 68.9. The van der Waals surface area contributed by atoms with Crippen molar-refractivity contribution < 1.29 is 80.2 Å². The first-order valence-electron chi connectivity index (χ1n) is 44.5. The van der Waals surface area contributed by atoms with Crippen LogP contribution in [0.15, 0.2) is 0 Å². The van der Waals surface area contributed by atoms with Crippen LogP contribution >= 0.6 is 15.6 Å². The number of unbranched alkanes of at least 4 members (excludes halogenated alkanes) is 55. The Morgan fingerprint density at radius 3 is 0.648 bits per heavy atom. The lowest BCUT2D eigenvalue weighted by molar-refractivity contribution is -0.161. The number of phosphoric acid groups is 2. The van der Waals surface area contributed by atoms with Gasteiger partial charge in [0.1, 0.15) is 19.3 Å². The lowest BCUT2D eigenvalue weighted by Gasteiger charge is -2.21. The molecule has 0 aliphatic rings. The summed E-state index contributed by atoms with van der Waals surface area (Å²) in [5.74, 6) is -0.505. The first-order valence-corrected chi connectivity index (χ1v) is 47.5. The van der Waals surface area contributed by atoms with Gasteiger partial charge in [0.2, 0.25) is 0 Å². The fraction of sp³-hybridized carbons (Fsp3) is 0.953. The van der Waals surface area contributed by atoms with Crippen molar-refractivity contribution >= 4 is 39.5 Å². The van der Waals surface area contributed by atoms with Gasteiger partial charge in [-0.05, 0) is 37.5 Å². The molecule has 0 aliphatic heterocycles. The van der Waals surface area contributed by atoms with Crippen LogP contribution in [0.4, 0.5) is 0 Å². The number of esters is 4. The van der Waals surface area contributed by atoms with Gasteiger partial charge in [-0.2, -0.15) is 0 Å². The van der Waals surface area contributed by atoms with E-state index >= 15 is 0 Å². The number of ether oxygens (including phenoxy) is 4. The molecule has 0 fully saturated rings. The molecule has 0 aromatic rings. The second-order valence-corrected chi connectivity index (χ2v) is 34.8. The highest BCUT2D eigenvalue weighted by Gasteiger charge is 2.30. The van der Waals surface area contributed by atoms with Gasteiger partial charge < -0.3 is 33.8 Å². The predicted octanol–water partition coefficient (Wildman–Crippen LogP) is 26.2. The second-order valence-electron chi connectivity index (χ2n) is 31.9. The molecule has 0 saturated carbocycles. The molecule has 624 valence electrons. The van der Waals surface area contributed by atoms with Crippen molar-refractivity contribution in [3.63, 3.8) is 0 Å². The van der Waals surface area contributed by atoms with Gasteiger partial charge >= 0.3 is 39.5 Å². The third-order valence-corrected chi connectivity index (χ3v) is 22.1. The molecule has 0 aliphatic carbocycles. The number of phosphoric ester groups is 2. The van der Waals surface area contributed by atoms with Gasteiger partial charge in [0, 0.05) is 25.7 Å². The predicted molar refractivity (Wildman–Crippen MR) is 432 cm³/mol. The number of hydrogen-bond acceptors (Lipinski definition) is 15. The summed E-state index contributed by atoms with van der Waals surface area (Å²) in [5, 5.41) is 10.7. The van der Waals surface area contributed by atoms with Crippen molar-refractivity contribution in [1.82, 2.24) is 0 Å². The standard InChI is InChI=1S/C86H168O17P2/c1-7-9-11-13-15-17-19-20-21-22-23-27-30-33-39-45-51-57-63-69-84(89)97-75-82(103-85(90)70-64-58-52-46-40-34-31-28-25-24-26-29-32-37-42-48-54-60-66-78(3)4)77-101-105(94,95)99-73-80(87)72-98-104(92,93)100-76-81(74-96-83(88)68-62-56-50-44-18-16-14-12-10-8-2)102-86(91)71-65-59-53-47-41-36-35-38-43-49-55-61-67-79(5)6/h78-82,87H,7-77H2,1-6H3,(H,92,93)(H,94,95)/t80-,81+,82+/m0/s1. The van der Waals surface area contributed by atoms with Gasteiger partial charge in [0.15, 0.2) is 12.2 Å². The summed E-state index contributed by atoms with van der Waals surface area (Å²) in [6.45, 7) is 9.71. The number of aliphatic hydroxyl groups excluding tert-OH is 1. The third kappa shape index (κ3) is 79.9. The Hall–Kier alpha value is -1.94. The number of carbonyl (C=O) groups is 4. The molecule has 105 heavy (non-hydrogen) atoms. The monoisotopic (exact) mass is 1540 g/mol. The largest absolute Gasteiger partial charge is 0.472 e. The molecule has 3 N–H and O–H groups in total. The van der Waals surface area contributed by atoms with Gasteiger partial charge in [-0.1, -0.05) is 408 Å². The fourth-order valence-electron chi connectivity index (χ4n) is 13.4. The van der Waals surface area contributed by atoms with Crippen LogP contribution in [0.2, 0.25) is 0 Å². The maximum absolute atomic E-state index is 13.1. The lowest BCUT2D eigenvalue weighted by atomic mass is 10.0. The van der Waals surface area contributed by atoms with E-state index in [0.717, 1.165) is 102 Å². The molecular weight excluding hydrogens is 1370 g/mol. The highest BCUT2D eigenvalue weighted by atomic mass is 31.2. The maximum Gasteiger partial charge on any atom is 0.472 e. The molecule has 0 aromatic carbocycles. The highest BCUT2D eigenvalue weighted by Crippen LogP contribution is 2.45. The molecule has 0 amide bonds. The van der Waals surface area contributed by atoms with E-state index < -0.39 is 97.5 Å². The zero-order valence-electron chi connectivity index (χ0n) is 69.0. The third-order valence-electron chi connectivity index (χ3n) is 20.2. The van der Waals surface area contributed by atoms with Crippen molar-refractivity contribution in [3.8, 4) is 0 Å². The zero-order chi connectivity index (χ0) is 77.1. The molecule has 0 radical (unpaired) electrons. The van der Waals surface area contributed by atoms with E-state index in [-0.39, 0.29) is 25.7 Å². The molecule has 0 aromatic heterocycles. The van der Waals surface area contributed by atoms with E-state index in [4.69, 9.17) is 37.0 Å². The summed E-state index contributed by atoms with van der Waals surface area (Å²) in [6.07, 6.45) is 69.4. The van der Waals surface area contributed by atoms with E-state index in [1.165, 1.54) is 276 Å². The van der Waals surface area contributed by atoms with Crippen LogP contribution in [0.5, 0.6) is 0 Å². The van der Waals surface area contributed by atoms with E-state index in [9.17, 15) is 43.2 Å². The summed E-state index contributed by atoms with van der Waals surface area (Å²) in [4.78, 5) is 73.2. The van der Waals surface area contributed by atoms with Crippen molar-refractivity contribution in [2.45, 2.75) is 477 Å². The molecule has 0 spiro atoms. The van der Waals surface area contributed by atoms with Crippen molar-refractivity contribution in [2.75, 3.05) is 39.6 Å². The molecule has 0 saturated heterocycles. The Labute approximate surface area is 645 Å². The van der Waals surface area contributed by atoms with Gasteiger partial charge in [0.05, 0.1) is 26.4 Å². The minimum Gasteiger partial charge on any atom is -0.462 e. The van der Waals surface area contributed by atoms with Gasteiger partial charge in [0.25, 0.3) is 0 Å². The molecule has 0 bridgehead atoms. The van der Waals surface area contributed by atoms with Gasteiger partial charge in [-0.15, -0.1) is 0 Å². The van der Waals surface area contributed by atoms with Crippen LogP contribution in [0.3, 0.4) is 0 Å². The molecule has 17 nitrogen and oxygen atoms in total. The highest BCUT2D eigenvalue weighted by molar-refractivity contribution is 7.47. The molecule has 0 rings (SSSR count). The lowest BCUT2D eigenvalue weighted by Crippen LogP contribution is -2.30. The minimum absolute atomic E-state index is 0.107. The number of hydrogen-bond donors (Lipinski definition) is 3. The van der Waals surface area contributed by atoms with E-state index in [0.29, 0.717) is 25.7 Å². The summed E-state index contributed by atoms with van der Waals surface area (Å²) in [5.41, 5.74) is 0. The van der Waals surface area contributed by atoms with Crippen molar-refractivity contribution in [2.24, 2.45) is 11.8 Å². The molecule has 2 unspecified atom stereocenters. The van der Waals surface area contributed by atoms with E-state index in [1.54, 1.807) is 0 Å². The SMILES string of the molecule is CCCCCCCCCCCCCCCCCCCCCC(=O)OC[C@H](COP(=O)(O)OC[C@@H](O)COP(=O)(O)OC[C@@H](COC(=O)CCCCCCCCCCCC)OC(=O)CCCCCCCCCCCCCCC(C)C)OC(=O)CCCCCCCCCCCCCCCCCCCCC(C)C. The normalized spacial score (nSPS) is 13.8. The summed E-state index contributed by atoms with van der Waals surface area (Å²) in [6, 6.07) is 0. The Bertz CT molecular complexity index is 2010. The molecule has 19 heteroatoms. The topological polar surface area (TPSA) is 237 Å². The fourth-order valence-corrected chi connectivity index (χ4v) is 15.0. The van der Waals surface area contributed by atoms with Crippen molar-refractivity contribution in [1.29, 1.82) is 0 Å². The second kappa shape index (κ2) is 77.4. The smallest absolute Gasteiger partial charge is 0.462 e. The van der Waals surface area contributed by atoms with Gasteiger partial charge in [-0.25, -0.2) is 9.13 Å². The molecular formula is C86H168O17P2. The number of rotatable bonds is 85. The quantitative estimate of drug-likeness (QED) is 0.0222. The maximum atomic E-state index is 13.1. The van der Waals surface area contributed by atoms with Crippen LogP contribution in [-0.4, -0.2) is 96.7 Å². The summed E-state index contributed by atoms with van der Waals surface area (Å²) in [7, 11) is -9.93. The average Bonchev–Trinajstić information content (AvgIpc) is 0.915. The van der Waals surface area contributed by atoms with Gasteiger partial charge in [-0.3, -0.25) is 37.3 Å².